The van der Waals surface area contributed by atoms with Crippen molar-refractivity contribution in [2.24, 2.45) is 0 Å². The number of hydrogen-bond acceptors (Lipinski definition) is 3. The number of halogens is 1. The number of carbonyl (C=O) groups is 1. The van der Waals surface area contributed by atoms with Crippen molar-refractivity contribution >= 4 is 33.2 Å². The topological polar surface area (TPSA) is 30.0 Å². The molecule has 0 bridgehead atoms. The second-order valence-corrected chi connectivity index (χ2v) is 3.30. The molecule has 0 aliphatic rings. The maximum absolute atomic E-state index is 11.1. The summed E-state index contributed by atoms with van der Waals surface area (Å²) >= 11 is 4.43. The van der Waals surface area contributed by atoms with Crippen LogP contribution in [0.3, 0.4) is 0 Å². The summed E-state index contributed by atoms with van der Waals surface area (Å²) in [5.41, 5.74) is 0.438. The Morgan fingerprint density at radius 3 is 3.09 bits per heavy atom. The molecule has 0 atom stereocenters. The van der Waals surface area contributed by atoms with Gasteiger partial charge in [0.25, 0.3) is 0 Å². The van der Waals surface area contributed by atoms with E-state index in [0.29, 0.717) is 5.69 Å². The molecular formula is C7H4BrNOS. The number of carbonyl (C=O) groups excluding carboxylic acids is 1. The van der Waals surface area contributed by atoms with Crippen LogP contribution in [0.4, 0.5) is 0 Å². The van der Waals surface area contributed by atoms with E-state index in [-0.39, 0.29) is 12.2 Å². The summed E-state index contributed by atoms with van der Waals surface area (Å²) in [6.07, 6.45) is 5.09. The van der Waals surface area contributed by atoms with Crippen LogP contribution in [0.15, 0.2) is 9.85 Å². The molecule has 0 aromatic carbocycles. The Bertz CT molecular complexity index is 312. The summed E-state index contributed by atoms with van der Waals surface area (Å²) < 4.78 is 4.61. The highest BCUT2D eigenvalue weighted by Gasteiger charge is 2.10. The predicted molar refractivity (Wildman–Crippen MR) is 47.6 cm³/mol. The summed E-state index contributed by atoms with van der Waals surface area (Å²) in [7, 11) is 0. The summed E-state index contributed by atoms with van der Waals surface area (Å²) in [5.74, 6) is 2.17. The van der Waals surface area contributed by atoms with E-state index >= 15 is 0 Å². The molecule has 0 amide bonds. The van der Waals surface area contributed by atoms with Crippen LogP contribution in [0, 0.1) is 12.3 Å². The highest BCUT2D eigenvalue weighted by Crippen LogP contribution is 2.18. The largest absolute Gasteiger partial charge is 0.291 e. The molecule has 4 heteroatoms. The summed E-state index contributed by atoms with van der Waals surface area (Å²) in [6, 6.07) is 0. The molecule has 1 aromatic rings. The Morgan fingerprint density at radius 2 is 2.64 bits per heavy atom. The second kappa shape index (κ2) is 3.65. The number of rotatable bonds is 2. The average Bonchev–Trinajstić information content (AvgIpc) is 2.36. The third kappa shape index (κ3) is 1.88. The maximum Gasteiger partial charge on any atom is 0.195 e. The third-order valence-corrected chi connectivity index (χ3v) is 2.59. The first-order chi connectivity index (χ1) is 5.25. The fourth-order valence-corrected chi connectivity index (χ4v) is 1.83. The van der Waals surface area contributed by atoms with Crippen LogP contribution in [-0.2, 0) is 0 Å². The van der Waals surface area contributed by atoms with Gasteiger partial charge in [-0.2, -0.15) is 4.37 Å². The molecule has 0 spiro atoms. The lowest BCUT2D eigenvalue weighted by Crippen LogP contribution is -1.97. The molecular weight excluding hydrogens is 226 g/mol. The van der Waals surface area contributed by atoms with E-state index in [4.69, 9.17) is 6.42 Å². The fourth-order valence-electron chi connectivity index (χ4n) is 0.585. The zero-order valence-corrected chi connectivity index (χ0v) is 7.91. The highest BCUT2D eigenvalue weighted by molar-refractivity contribution is 9.10. The lowest BCUT2D eigenvalue weighted by molar-refractivity contribution is 0.0994. The molecule has 0 aliphatic heterocycles. The first-order valence-corrected chi connectivity index (χ1v) is 4.45. The van der Waals surface area contributed by atoms with Crippen molar-refractivity contribution in [3.63, 3.8) is 0 Å². The summed E-state index contributed by atoms with van der Waals surface area (Å²) in [5, 5.41) is 1.75. The van der Waals surface area contributed by atoms with E-state index in [1.807, 2.05) is 0 Å². The van der Waals surface area contributed by atoms with Crippen molar-refractivity contribution in [1.82, 2.24) is 4.37 Å². The molecule has 2 nitrogen and oxygen atoms in total. The maximum atomic E-state index is 11.1. The van der Waals surface area contributed by atoms with Gasteiger partial charge >= 0.3 is 0 Å². The van der Waals surface area contributed by atoms with Crippen molar-refractivity contribution in [3.05, 3.63) is 15.5 Å². The van der Waals surface area contributed by atoms with Crippen LogP contribution in [0.5, 0.6) is 0 Å². The minimum atomic E-state index is -0.111. The zero-order chi connectivity index (χ0) is 8.27. The van der Waals surface area contributed by atoms with Crippen LogP contribution >= 0.6 is 27.5 Å². The van der Waals surface area contributed by atoms with Crippen LogP contribution in [0.1, 0.15) is 16.9 Å². The number of hydrogen-bond donors (Lipinski definition) is 0. The molecule has 0 N–H and O–H groups in total. The molecule has 0 radical (unpaired) electrons. The van der Waals surface area contributed by atoms with Crippen molar-refractivity contribution in [2.45, 2.75) is 6.42 Å². The van der Waals surface area contributed by atoms with E-state index in [0.717, 1.165) is 4.47 Å². The summed E-state index contributed by atoms with van der Waals surface area (Å²) in [6.45, 7) is 0. The van der Waals surface area contributed by atoms with Gasteiger partial charge < -0.3 is 0 Å². The van der Waals surface area contributed by atoms with E-state index in [2.05, 4.69) is 26.2 Å². The Hall–Kier alpha value is -0.660. The van der Waals surface area contributed by atoms with Gasteiger partial charge in [0.15, 0.2) is 5.78 Å². The molecule has 1 heterocycles. The van der Waals surface area contributed by atoms with Crippen LogP contribution in [-0.4, -0.2) is 10.2 Å². The normalized spacial score (nSPS) is 9.09. The molecule has 0 aliphatic carbocycles. The minimum Gasteiger partial charge on any atom is -0.291 e. The van der Waals surface area contributed by atoms with Gasteiger partial charge in [-0.05, 0) is 27.5 Å². The molecule has 0 saturated carbocycles. The molecule has 11 heavy (non-hydrogen) atoms. The van der Waals surface area contributed by atoms with Gasteiger partial charge in [0.1, 0.15) is 5.69 Å². The molecule has 56 valence electrons. The molecule has 0 fully saturated rings. The monoisotopic (exact) mass is 229 g/mol. The van der Waals surface area contributed by atoms with Crippen LogP contribution in [0.25, 0.3) is 0 Å². The standard InChI is InChI=1S/C7H4BrNOS/c1-2-3-6(10)7-5(8)4-11-9-7/h1,4H,3H2. The van der Waals surface area contributed by atoms with Gasteiger partial charge in [0, 0.05) is 5.38 Å². The zero-order valence-electron chi connectivity index (χ0n) is 5.50. The lowest BCUT2D eigenvalue weighted by Gasteiger charge is -1.89. The minimum absolute atomic E-state index is 0.111. The smallest absolute Gasteiger partial charge is 0.195 e. The van der Waals surface area contributed by atoms with E-state index in [1.165, 1.54) is 11.5 Å². The Morgan fingerprint density at radius 1 is 1.91 bits per heavy atom. The van der Waals surface area contributed by atoms with Gasteiger partial charge in [-0.15, -0.1) is 6.42 Å². The Kier molecular flexibility index (Phi) is 2.80. The number of ketones is 1. The van der Waals surface area contributed by atoms with Gasteiger partial charge in [0.05, 0.1) is 10.9 Å². The predicted octanol–water partition coefficient (Wildman–Crippen LogP) is 2.11. The third-order valence-electron chi connectivity index (χ3n) is 1.05. The second-order valence-electron chi connectivity index (χ2n) is 1.82. The summed E-state index contributed by atoms with van der Waals surface area (Å²) in [4.78, 5) is 11.1. The Balaban J connectivity index is 2.86. The van der Waals surface area contributed by atoms with Gasteiger partial charge in [0.2, 0.25) is 0 Å². The fraction of sp³-hybridized carbons (Fsp3) is 0.143. The molecule has 0 saturated heterocycles. The highest BCUT2D eigenvalue weighted by atomic mass is 79.9. The lowest BCUT2D eigenvalue weighted by atomic mass is 10.2. The van der Waals surface area contributed by atoms with Crippen molar-refractivity contribution in [1.29, 1.82) is 0 Å². The number of nitrogens with zero attached hydrogens (tertiary/aromatic N) is 1. The number of Topliss-reactive ketones (excluding diaryl/α,β-unsaturated/α-hetero) is 1. The van der Waals surface area contributed by atoms with Crippen molar-refractivity contribution < 1.29 is 4.79 Å². The van der Waals surface area contributed by atoms with E-state index in [1.54, 1.807) is 5.38 Å². The van der Waals surface area contributed by atoms with E-state index in [9.17, 15) is 4.79 Å². The van der Waals surface area contributed by atoms with Gasteiger partial charge in [-0.3, -0.25) is 4.79 Å². The van der Waals surface area contributed by atoms with Crippen molar-refractivity contribution in [2.75, 3.05) is 0 Å². The van der Waals surface area contributed by atoms with E-state index < -0.39 is 0 Å². The first-order valence-electron chi connectivity index (χ1n) is 2.82. The average molecular weight is 230 g/mol. The van der Waals surface area contributed by atoms with Crippen LogP contribution < -0.4 is 0 Å². The van der Waals surface area contributed by atoms with Gasteiger partial charge in [-0.1, -0.05) is 5.92 Å². The number of aromatic nitrogens is 1. The quantitative estimate of drug-likeness (QED) is 0.575. The number of terminal acetylenes is 1. The van der Waals surface area contributed by atoms with Crippen molar-refractivity contribution in [3.8, 4) is 12.3 Å². The first kappa shape index (κ1) is 8.44. The SMILES string of the molecule is C#CCC(=O)c1nscc1Br. The molecule has 1 rings (SSSR count). The molecule has 0 unspecified atom stereocenters. The Labute approximate surface area is 76.9 Å². The van der Waals surface area contributed by atoms with Crippen LogP contribution in [0.2, 0.25) is 0 Å². The molecule has 1 aromatic heterocycles. The van der Waals surface area contributed by atoms with Gasteiger partial charge in [-0.25, -0.2) is 0 Å².